The van der Waals surface area contributed by atoms with E-state index in [-0.39, 0.29) is 36.1 Å². The van der Waals surface area contributed by atoms with E-state index in [0.29, 0.717) is 29.1 Å². The third kappa shape index (κ3) is 5.12. The second kappa shape index (κ2) is 10.5. The number of ether oxygens (including phenoxy) is 1. The number of nitrogens with one attached hydrogen (secondary N) is 1. The van der Waals surface area contributed by atoms with Gasteiger partial charge in [-0.2, -0.15) is 0 Å². The quantitative estimate of drug-likeness (QED) is 0.309. The summed E-state index contributed by atoms with van der Waals surface area (Å²) < 4.78 is 6.23. The molecule has 1 fully saturated rings. The summed E-state index contributed by atoms with van der Waals surface area (Å²) in [6, 6.07) is 15.7. The van der Waals surface area contributed by atoms with Crippen LogP contribution in [0.5, 0.6) is 0 Å². The van der Waals surface area contributed by atoms with Gasteiger partial charge in [0.2, 0.25) is 11.8 Å². The van der Waals surface area contributed by atoms with Crippen LogP contribution in [0.3, 0.4) is 0 Å². The normalized spacial score (nSPS) is 15.7. The Bertz CT molecular complexity index is 1280. The zero-order chi connectivity index (χ0) is 24.1. The summed E-state index contributed by atoms with van der Waals surface area (Å²) in [5, 5.41) is 3.59. The number of nitrogens with zero attached hydrogens (tertiary/aromatic N) is 3. The Morgan fingerprint density at radius 3 is 2.62 bits per heavy atom. The number of para-hydroxylation sites is 1. The van der Waals surface area contributed by atoms with E-state index in [0.717, 1.165) is 17.3 Å². The fraction of sp³-hybridized carbons (Fsp3) is 0.292. The number of hydrogen-bond acceptors (Lipinski definition) is 7. The molecule has 0 unspecified atom stereocenters. The maximum Gasteiger partial charge on any atom is 0.308 e. The molecule has 1 aromatic heterocycles. The Kier molecular flexibility index (Phi) is 7.27. The highest BCUT2D eigenvalue weighted by atomic mass is 32.2. The number of amides is 2. The number of fused-ring (bicyclic) bond motifs is 1. The molecule has 1 aliphatic rings. The number of thioether (sulfide) groups is 1. The van der Waals surface area contributed by atoms with Gasteiger partial charge in [0.25, 0.3) is 5.56 Å². The van der Waals surface area contributed by atoms with Crippen LogP contribution in [0.2, 0.25) is 0 Å². The van der Waals surface area contributed by atoms with E-state index in [1.54, 1.807) is 28.8 Å². The predicted molar refractivity (Wildman–Crippen MR) is 127 cm³/mol. The van der Waals surface area contributed by atoms with Gasteiger partial charge in [0.05, 0.1) is 36.7 Å². The van der Waals surface area contributed by atoms with Gasteiger partial charge in [0.1, 0.15) is 6.04 Å². The molecule has 10 heteroatoms. The Morgan fingerprint density at radius 1 is 1.12 bits per heavy atom. The van der Waals surface area contributed by atoms with Gasteiger partial charge in [0, 0.05) is 13.1 Å². The second-order valence-corrected chi connectivity index (χ2v) is 8.69. The van der Waals surface area contributed by atoms with Crippen molar-refractivity contribution in [2.45, 2.75) is 24.2 Å². The molecule has 0 spiro atoms. The van der Waals surface area contributed by atoms with E-state index >= 15 is 0 Å². The molecule has 3 aromatic rings. The molecule has 1 aliphatic heterocycles. The van der Waals surface area contributed by atoms with E-state index < -0.39 is 12.0 Å². The molecule has 0 saturated carbocycles. The average Bonchev–Trinajstić information content (AvgIpc) is 2.86. The summed E-state index contributed by atoms with van der Waals surface area (Å²) in [4.78, 5) is 56.4. The first kappa shape index (κ1) is 23.5. The number of methoxy groups -OCH3 is 1. The highest BCUT2D eigenvalue weighted by Crippen LogP contribution is 2.21. The highest BCUT2D eigenvalue weighted by Gasteiger charge is 2.35. The van der Waals surface area contributed by atoms with Gasteiger partial charge in [-0.25, -0.2) is 4.98 Å². The lowest BCUT2D eigenvalue weighted by atomic mass is 10.1. The number of carbonyl (C=O) groups excluding carboxylic acids is 3. The number of aromatic nitrogens is 2. The van der Waals surface area contributed by atoms with Crippen molar-refractivity contribution < 1.29 is 19.1 Å². The summed E-state index contributed by atoms with van der Waals surface area (Å²) in [5.41, 5.74) is 1.29. The topological polar surface area (TPSA) is 111 Å². The minimum absolute atomic E-state index is 0.0372. The Hall–Kier alpha value is -3.66. The average molecular weight is 481 g/mol. The molecule has 176 valence electrons. The van der Waals surface area contributed by atoms with Crippen molar-refractivity contribution in [2.75, 3.05) is 26.0 Å². The molecule has 0 aliphatic carbocycles. The van der Waals surface area contributed by atoms with Gasteiger partial charge >= 0.3 is 5.97 Å². The van der Waals surface area contributed by atoms with Crippen molar-refractivity contribution in [3.05, 3.63) is 70.5 Å². The van der Waals surface area contributed by atoms with Gasteiger partial charge in [0.15, 0.2) is 5.16 Å². The molecule has 9 nitrogen and oxygen atoms in total. The third-order valence-corrected chi connectivity index (χ3v) is 6.53. The summed E-state index contributed by atoms with van der Waals surface area (Å²) in [6.45, 7) is 0.903. The van der Waals surface area contributed by atoms with Crippen molar-refractivity contribution in [1.82, 2.24) is 19.8 Å². The number of piperazine rings is 1. The number of hydrogen-bond donors (Lipinski definition) is 1. The van der Waals surface area contributed by atoms with E-state index in [1.807, 2.05) is 30.3 Å². The number of benzene rings is 2. The van der Waals surface area contributed by atoms with E-state index in [4.69, 9.17) is 0 Å². The lowest BCUT2D eigenvalue weighted by Gasteiger charge is -2.34. The first-order valence-corrected chi connectivity index (χ1v) is 11.8. The molecular formula is C24H24N4O5S. The van der Waals surface area contributed by atoms with Crippen molar-refractivity contribution >= 4 is 40.4 Å². The first-order chi connectivity index (χ1) is 16.5. The number of rotatable bonds is 7. The maximum atomic E-state index is 13.3. The molecule has 34 heavy (non-hydrogen) atoms. The zero-order valence-electron chi connectivity index (χ0n) is 18.6. The minimum Gasteiger partial charge on any atom is -0.469 e. The molecule has 4 rings (SSSR count). The Labute approximate surface area is 200 Å². The summed E-state index contributed by atoms with van der Waals surface area (Å²) >= 11 is 1.14. The molecule has 2 heterocycles. The molecule has 1 saturated heterocycles. The van der Waals surface area contributed by atoms with Gasteiger partial charge in [-0.1, -0.05) is 54.2 Å². The van der Waals surface area contributed by atoms with Gasteiger partial charge in [-0.15, -0.1) is 0 Å². The van der Waals surface area contributed by atoms with Crippen LogP contribution in [0.4, 0.5) is 0 Å². The first-order valence-electron chi connectivity index (χ1n) is 10.8. The van der Waals surface area contributed by atoms with Crippen LogP contribution < -0.4 is 10.9 Å². The van der Waals surface area contributed by atoms with Crippen LogP contribution in [0.15, 0.2) is 64.5 Å². The lowest BCUT2D eigenvalue weighted by molar-refractivity contribution is -0.149. The van der Waals surface area contributed by atoms with Crippen molar-refractivity contribution in [3.8, 4) is 0 Å². The maximum absolute atomic E-state index is 13.3. The van der Waals surface area contributed by atoms with Crippen LogP contribution in [-0.2, 0) is 25.7 Å². The minimum atomic E-state index is -0.926. The van der Waals surface area contributed by atoms with Crippen LogP contribution in [0.1, 0.15) is 12.0 Å². The zero-order valence-corrected chi connectivity index (χ0v) is 19.4. The smallest absolute Gasteiger partial charge is 0.308 e. The van der Waals surface area contributed by atoms with Gasteiger partial charge < -0.3 is 15.0 Å². The summed E-state index contributed by atoms with van der Waals surface area (Å²) in [6.07, 6.45) is -0.217. The highest BCUT2D eigenvalue weighted by molar-refractivity contribution is 7.99. The Morgan fingerprint density at radius 2 is 1.85 bits per heavy atom. The summed E-state index contributed by atoms with van der Waals surface area (Å²) in [7, 11) is 1.24. The van der Waals surface area contributed by atoms with Gasteiger partial charge in [-0.05, 0) is 17.7 Å². The lowest BCUT2D eigenvalue weighted by Crippen LogP contribution is -2.58. The van der Waals surface area contributed by atoms with E-state index in [9.17, 15) is 19.2 Å². The number of esters is 1. The predicted octanol–water partition coefficient (Wildman–Crippen LogP) is 1.43. The molecule has 2 amide bonds. The van der Waals surface area contributed by atoms with Crippen LogP contribution in [0.25, 0.3) is 10.9 Å². The van der Waals surface area contributed by atoms with Gasteiger partial charge in [-0.3, -0.25) is 23.7 Å². The third-order valence-electron chi connectivity index (χ3n) is 5.57. The Balaban J connectivity index is 1.60. The molecule has 1 atom stereocenters. The monoisotopic (exact) mass is 480 g/mol. The van der Waals surface area contributed by atoms with Crippen LogP contribution in [-0.4, -0.2) is 64.2 Å². The van der Waals surface area contributed by atoms with Crippen molar-refractivity contribution in [2.24, 2.45) is 0 Å². The molecular weight excluding hydrogens is 456 g/mol. The van der Waals surface area contributed by atoms with Crippen LogP contribution in [0, 0.1) is 0 Å². The fourth-order valence-corrected chi connectivity index (χ4v) is 4.71. The second-order valence-electron chi connectivity index (χ2n) is 7.75. The molecule has 0 radical (unpaired) electrons. The molecule has 1 N–H and O–H groups in total. The van der Waals surface area contributed by atoms with E-state index in [2.05, 4.69) is 15.0 Å². The largest absolute Gasteiger partial charge is 0.469 e. The summed E-state index contributed by atoms with van der Waals surface area (Å²) in [5.74, 6) is -1.31. The number of carbonyl (C=O) groups is 3. The molecule has 0 bridgehead atoms. The van der Waals surface area contributed by atoms with Crippen molar-refractivity contribution in [1.29, 1.82) is 0 Å². The fourth-order valence-electron chi connectivity index (χ4n) is 3.83. The standard InChI is InChI=1S/C24H24N4O5S/c1-33-21(30)13-19-22(31)25-11-12-27(19)20(29)15-34-24-26-18-10-6-5-9-17(18)23(32)28(24)14-16-7-3-2-4-8-16/h2-10,19H,11-15H2,1H3,(H,25,31)/t19-/m0/s1. The SMILES string of the molecule is COC(=O)C[C@H]1C(=O)NCCN1C(=O)CSc1nc2ccccc2c(=O)n1Cc1ccccc1. The van der Waals surface area contributed by atoms with Crippen LogP contribution >= 0.6 is 11.8 Å². The van der Waals surface area contributed by atoms with E-state index in [1.165, 1.54) is 12.0 Å². The van der Waals surface area contributed by atoms with Crippen molar-refractivity contribution in [3.63, 3.8) is 0 Å². The molecule has 2 aromatic carbocycles.